The van der Waals surface area contributed by atoms with E-state index in [1.807, 2.05) is 61.3 Å². The highest BCUT2D eigenvalue weighted by Gasteiger charge is 2.51. The molecule has 180 valence electrons. The highest BCUT2D eigenvalue weighted by Crippen LogP contribution is 2.47. The predicted molar refractivity (Wildman–Crippen MR) is 132 cm³/mol. The highest BCUT2D eigenvalue weighted by molar-refractivity contribution is 5.95. The van der Waals surface area contributed by atoms with Crippen molar-refractivity contribution in [2.45, 2.75) is 38.3 Å². The lowest BCUT2D eigenvalue weighted by atomic mass is 9.88. The van der Waals surface area contributed by atoms with Gasteiger partial charge in [-0.25, -0.2) is 4.98 Å². The summed E-state index contributed by atoms with van der Waals surface area (Å²) in [5, 5.41) is 3.03. The van der Waals surface area contributed by atoms with Crippen LogP contribution < -0.4 is 15.0 Å². The molecule has 3 aromatic rings. The number of rotatable bonds is 4. The largest absolute Gasteiger partial charge is 0.493 e. The normalized spacial score (nSPS) is 20.0. The first-order valence-electron chi connectivity index (χ1n) is 12.2. The van der Waals surface area contributed by atoms with E-state index in [0.29, 0.717) is 25.3 Å². The topological polar surface area (TPSA) is 79.7 Å². The first-order valence-corrected chi connectivity index (χ1v) is 12.2. The molecule has 6 rings (SSSR count). The van der Waals surface area contributed by atoms with E-state index in [0.717, 1.165) is 41.4 Å². The van der Waals surface area contributed by atoms with Crippen LogP contribution in [0.4, 0.5) is 5.69 Å². The summed E-state index contributed by atoms with van der Waals surface area (Å²) in [7, 11) is 0. The van der Waals surface area contributed by atoms with E-state index in [-0.39, 0.29) is 24.4 Å². The summed E-state index contributed by atoms with van der Waals surface area (Å²) in [6.07, 6.45) is 5.34. The van der Waals surface area contributed by atoms with Gasteiger partial charge >= 0.3 is 0 Å². The molecule has 0 unspecified atom stereocenters. The Labute approximate surface area is 204 Å². The van der Waals surface area contributed by atoms with Crippen molar-refractivity contribution < 1.29 is 14.3 Å². The molecule has 0 radical (unpaired) electrons. The second-order valence-corrected chi connectivity index (χ2v) is 9.85. The van der Waals surface area contributed by atoms with E-state index in [4.69, 9.17) is 4.74 Å². The number of benzene rings is 1. The van der Waals surface area contributed by atoms with Crippen molar-refractivity contribution in [3.63, 3.8) is 0 Å². The first kappa shape index (κ1) is 21.7. The van der Waals surface area contributed by atoms with Crippen LogP contribution in [0.2, 0.25) is 0 Å². The highest BCUT2D eigenvalue weighted by atomic mass is 16.5. The van der Waals surface area contributed by atoms with Crippen molar-refractivity contribution in [3.8, 4) is 11.6 Å². The number of nitrogens with zero attached hydrogens (tertiary/aromatic N) is 4. The number of carbonyl (C=O) groups is 2. The third-order valence-electron chi connectivity index (χ3n) is 7.25. The molecular formula is C27H29N5O3. The Morgan fingerprint density at radius 1 is 1.20 bits per heavy atom. The van der Waals surface area contributed by atoms with Crippen molar-refractivity contribution in [2.75, 3.05) is 31.1 Å². The van der Waals surface area contributed by atoms with Crippen LogP contribution in [-0.4, -0.2) is 58.5 Å². The number of carbonyl (C=O) groups excluding carboxylic acids is 2. The van der Waals surface area contributed by atoms with Gasteiger partial charge in [-0.15, -0.1) is 0 Å². The SMILES string of the molecule is CC(C)NC(=O)CN1c2cccnc2-n2cccc2[C@]12CCN(C(=O)c1ccc3c(c1)CCO3)C2. The van der Waals surface area contributed by atoms with Gasteiger partial charge in [-0.05, 0) is 68.3 Å². The van der Waals surface area contributed by atoms with Gasteiger partial charge in [0.05, 0.1) is 24.5 Å². The maximum atomic E-state index is 13.6. The summed E-state index contributed by atoms with van der Waals surface area (Å²) in [5.74, 6) is 1.64. The smallest absolute Gasteiger partial charge is 0.253 e. The van der Waals surface area contributed by atoms with E-state index in [1.54, 1.807) is 6.20 Å². The third-order valence-corrected chi connectivity index (χ3v) is 7.25. The van der Waals surface area contributed by atoms with Gasteiger partial charge in [-0.1, -0.05) is 0 Å². The molecule has 3 aliphatic heterocycles. The molecule has 1 atom stereocenters. The van der Waals surface area contributed by atoms with Crippen molar-refractivity contribution in [1.82, 2.24) is 19.8 Å². The minimum atomic E-state index is -0.524. The average Bonchev–Trinajstić information content (AvgIpc) is 3.60. The van der Waals surface area contributed by atoms with E-state index in [1.165, 1.54) is 0 Å². The Morgan fingerprint density at radius 2 is 2.09 bits per heavy atom. The fourth-order valence-corrected chi connectivity index (χ4v) is 5.74. The van der Waals surface area contributed by atoms with Crippen LogP contribution in [0.25, 0.3) is 5.82 Å². The molecule has 1 spiro atoms. The number of pyridine rings is 1. The number of hydrogen-bond acceptors (Lipinski definition) is 5. The van der Waals surface area contributed by atoms with Crippen LogP contribution in [0.3, 0.4) is 0 Å². The van der Waals surface area contributed by atoms with Gasteiger partial charge < -0.3 is 24.4 Å². The monoisotopic (exact) mass is 471 g/mol. The van der Waals surface area contributed by atoms with Crippen molar-refractivity contribution in [3.05, 3.63) is 71.7 Å². The molecule has 1 N–H and O–H groups in total. The molecule has 0 saturated carbocycles. The lowest BCUT2D eigenvalue weighted by Gasteiger charge is -2.46. The molecule has 5 heterocycles. The number of aromatic nitrogens is 2. The molecule has 8 nitrogen and oxygen atoms in total. The first-order chi connectivity index (χ1) is 17.0. The lowest BCUT2D eigenvalue weighted by Crippen LogP contribution is -2.56. The Bertz CT molecular complexity index is 1320. The van der Waals surface area contributed by atoms with Crippen LogP contribution >= 0.6 is 0 Å². The van der Waals surface area contributed by atoms with Gasteiger partial charge in [0.25, 0.3) is 5.91 Å². The third kappa shape index (κ3) is 3.47. The summed E-state index contributed by atoms with van der Waals surface area (Å²) in [4.78, 5) is 35.3. The summed E-state index contributed by atoms with van der Waals surface area (Å²) < 4.78 is 7.72. The summed E-state index contributed by atoms with van der Waals surface area (Å²) >= 11 is 0. The molecule has 35 heavy (non-hydrogen) atoms. The van der Waals surface area contributed by atoms with Gasteiger partial charge in [0, 0.05) is 43.5 Å². The van der Waals surface area contributed by atoms with Crippen LogP contribution in [0.15, 0.2) is 54.9 Å². The molecule has 2 aromatic heterocycles. The zero-order chi connectivity index (χ0) is 24.2. The quantitative estimate of drug-likeness (QED) is 0.633. The predicted octanol–water partition coefficient (Wildman–Crippen LogP) is 2.89. The number of ether oxygens (including phenoxy) is 1. The summed E-state index contributed by atoms with van der Waals surface area (Å²) in [5.41, 5.74) is 3.20. The van der Waals surface area contributed by atoms with Gasteiger partial charge in [0.2, 0.25) is 5.91 Å². The minimum absolute atomic E-state index is 0.0123. The molecule has 1 fully saturated rings. The van der Waals surface area contributed by atoms with Gasteiger partial charge in [0.1, 0.15) is 11.3 Å². The van der Waals surface area contributed by atoms with Crippen LogP contribution in [-0.2, 0) is 16.8 Å². The second-order valence-electron chi connectivity index (χ2n) is 9.85. The van der Waals surface area contributed by atoms with Crippen molar-refractivity contribution in [1.29, 1.82) is 0 Å². The average molecular weight is 472 g/mol. The fraction of sp³-hybridized carbons (Fsp3) is 0.370. The van der Waals surface area contributed by atoms with E-state index >= 15 is 0 Å². The lowest BCUT2D eigenvalue weighted by molar-refractivity contribution is -0.120. The maximum Gasteiger partial charge on any atom is 0.253 e. The number of likely N-dealkylation sites (tertiary alicyclic amines) is 1. The number of amides is 2. The van der Waals surface area contributed by atoms with Crippen molar-refractivity contribution in [2.24, 2.45) is 0 Å². The second kappa shape index (κ2) is 8.15. The van der Waals surface area contributed by atoms with Gasteiger partial charge in [-0.2, -0.15) is 0 Å². The van der Waals surface area contributed by atoms with Crippen LogP contribution in [0, 0.1) is 0 Å². The Hall–Kier alpha value is -3.81. The van der Waals surface area contributed by atoms with Crippen molar-refractivity contribution >= 4 is 17.5 Å². The molecular weight excluding hydrogens is 442 g/mol. The summed E-state index contributed by atoms with van der Waals surface area (Å²) in [6.45, 7) is 5.88. The Balaban J connectivity index is 1.37. The Kier molecular flexibility index (Phi) is 5.05. The molecule has 1 saturated heterocycles. The number of hydrogen-bond donors (Lipinski definition) is 1. The number of anilines is 1. The molecule has 2 amide bonds. The van der Waals surface area contributed by atoms with E-state index < -0.39 is 5.54 Å². The molecule has 0 aliphatic carbocycles. The maximum absolute atomic E-state index is 13.6. The van der Waals surface area contributed by atoms with Crippen LogP contribution in [0.1, 0.15) is 41.9 Å². The number of fused-ring (bicyclic) bond motifs is 5. The van der Waals surface area contributed by atoms with Gasteiger partial charge in [-0.3, -0.25) is 9.59 Å². The van der Waals surface area contributed by atoms with Gasteiger partial charge in [0.15, 0.2) is 5.82 Å². The minimum Gasteiger partial charge on any atom is -0.493 e. The standard InChI is InChI=1S/C27H29N5O3/c1-18(2)29-24(33)16-32-21-5-3-11-28-25(21)31-12-4-6-23(31)27(32)10-13-30(17-27)26(34)20-7-8-22-19(15-20)9-14-35-22/h3-8,11-12,15,18H,9-10,13-14,16-17H2,1-2H3,(H,29,33)/t27-/m1/s1. The summed E-state index contributed by atoms with van der Waals surface area (Å²) in [6, 6.07) is 13.8. The zero-order valence-electron chi connectivity index (χ0n) is 20.0. The molecule has 8 heteroatoms. The molecule has 0 bridgehead atoms. The molecule has 1 aromatic carbocycles. The van der Waals surface area contributed by atoms with E-state index in [2.05, 4.69) is 25.8 Å². The fourth-order valence-electron chi connectivity index (χ4n) is 5.74. The number of nitrogens with one attached hydrogen (secondary N) is 1. The molecule has 3 aliphatic rings. The van der Waals surface area contributed by atoms with E-state index in [9.17, 15) is 9.59 Å². The Morgan fingerprint density at radius 3 is 2.94 bits per heavy atom. The zero-order valence-corrected chi connectivity index (χ0v) is 20.0. The van der Waals surface area contributed by atoms with Crippen LogP contribution in [0.5, 0.6) is 5.75 Å².